The number of methoxy groups -OCH3 is 1. The van der Waals surface area contributed by atoms with Crippen LogP contribution in [0, 0.1) is 0 Å². The van der Waals surface area contributed by atoms with Gasteiger partial charge in [0.1, 0.15) is 5.75 Å². The minimum absolute atomic E-state index is 0.114. The number of carbonyl (C=O) groups is 1. The highest BCUT2D eigenvalue weighted by atomic mass is 35.5. The zero-order chi connectivity index (χ0) is 14.5. The summed E-state index contributed by atoms with van der Waals surface area (Å²) in [4.78, 5) is 11.9. The number of anilines is 2. The molecule has 0 fully saturated rings. The third-order valence-corrected chi connectivity index (χ3v) is 3.15. The first-order valence-electron chi connectivity index (χ1n) is 6.06. The van der Waals surface area contributed by atoms with Gasteiger partial charge in [-0.2, -0.15) is 0 Å². The number of rotatable bonds is 4. The quantitative estimate of drug-likeness (QED) is 0.850. The molecule has 0 aliphatic heterocycles. The number of carbonyl (C=O) groups excluding carboxylic acids is 1. The van der Waals surface area contributed by atoms with E-state index in [-0.39, 0.29) is 12.3 Å². The summed E-state index contributed by atoms with van der Waals surface area (Å²) < 4.78 is 5.07. The summed E-state index contributed by atoms with van der Waals surface area (Å²) in [5.41, 5.74) is 7.66. The van der Waals surface area contributed by atoms with Crippen LogP contribution in [-0.2, 0) is 11.2 Å². The molecule has 1 amide bonds. The maximum absolute atomic E-state index is 11.9. The second kappa shape index (κ2) is 6.30. The van der Waals surface area contributed by atoms with Crippen molar-refractivity contribution < 1.29 is 9.53 Å². The van der Waals surface area contributed by atoms with Gasteiger partial charge in [0.2, 0.25) is 5.91 Å². The van der Waals surface area contributed by atoms with Gasteiger partial charge in [0.15, 0.2) is 0 Å². The number of hydrogen-bond donors (Lipinski definition) is 2. The van der Waals surface area contributed by atoms with Crippen LogP contribution in [0.25, 0.3) is 0 Å². The Kier molecular flexibility index (Phi) is 4.48. The molecule has 0 radical (unpaired) electrons. The van der Waals surface area contributed by atoms with E-state index in [9.17, 15) is 4.79 Å². The highest BCUT2D eigenvalue weighted by Crippen LogP contribution is 2.22. The summed E-state index contributed by atoms with van der Waals surface area (Å²) in [5.74, 6) is 0.650. The van der Waals surface area contributed by atoms with Gasteiger partial charge in [0, 0.05) is 5.69 Å². The number of nitrogens with one attached hydrogen (secondary N) is 1. The van der Waals surface area contributed by atoms with E-state index in [0.717, 1.165) is 11.3 Å². The Labute approximate surface area is 122 Å². The van der Waals surface area contributed by atoms with Gasteiger partial charge in [-0.15, -0.1) is 0 Å². The first kappa shape index (κ1) is 14.2. The van der Waals surface area contributed by atoms with E-state index in [0.29, 0.717) is 16.4 Å². The van der Waals surface area contributed by atoms with Crippen LogP contribution < -0.4 is 15.8 Å². The van der Waals surface area contributed by atoms with Gasteiger partial charge in [0.25, 0.3) is 0 Å². The summed E-state index contributed by atoms with van der Waals surface area (Å²) in [6, 6.07) is 12.4. The van der Waals surface area contributed by atoms with Crippen molar-refractivity contribution >= 4 is 28.9 Å². The zero-order valence-electron chi connectivity index (χ0n) is 11.0. The fourth-order valence-electron chi connectivity index (χ4n) is 1.76. The van der Waals surface area contributed by atoms with E-state index in [1.807, 2.05) is 24.3 Å². The van der Waals surface area contributed by atoms with Gasteiger partial charge in [-0.1, -0.05) is 23.7 Å². The molecule has 0 aliphatic carbocycles. The average Bonchev–Trinajstić information content (AvgIpc) is 2.44. The van der Waals surface area contributed by atoms with Crippen molar-refractivity contribution in [2.24, 2.45) is 0 Å². The first-order chi connectivity index (χ1) is 9.58. The molecule has 20 heavy (non-hydrogen) atoms. The van der Waals surface area contributed by atoms with Crippen LogP contribution in [0.15, 0.2) is 42.5 Å². The molecule has 4 nitrogen and oxygen atoms in total. The van der Waals surface area contributed by atoms with Crippen LogP contribution in [0.2, 0.25) is 5.02 Å². The molecule has 0 aromatic heterocycles. The minimum atomic E-state index is -0.114. The lowest BCUT2D eigenvalue weighted by molar-refractivity contribution is -0.115. The van der Waals surface area contributed by atoms with Gasteiger partial charge < -0.3 is 15.8 Å². The Balaban J connectivity index is 1.99. The maximum Gasteiger partial charge on any atom is 0.228 e. The second-order valence-corrected chi connectivity index (χ2v) is 4.72. The third-order valence-electron chi connectivity index (χ3n) is 2.80. The number of amides is 1. The summed E-state index contributed by atoms with van der Waals surface area (Å²) in [7, 11) is 1.60. The monoisotopic (exact) mass is 290 g/mol. The molecule has 2 rings (SSSR count). The highest BCUT2D eigenvalue weighted by molar-refractivity contribution is 6.33. The molecule has 0 spiro atoms. The lowest BCUT2D eigenvalue weighted by Gasteiger charge is -2.07. The van der Waals surface area contributed by atoms with Crippen molar-refractivity contribution in [1.82, 2.24) is 0 Å². The summed E-state index contributed by atoms with van der Waals surface area (Å²) in [6.45, 7) is 0. The lowest BCUT2D eigenvalue weighted by Crippen LogP contribution is -2.14. The summed E-state index contributed by atoms with van der Waals surface area (Å²) >= 11 is 5.83. The largest absolute Gasteiger partial charge is 0.497 e. The molecule has 3 N–H and O–H groups in total. The van der Waals surface area contributed by atoms with Crippen molar-refractivity contribution in [3.8, 4) is 5.75 Å². The first-order valence-corrected chi connectivity index (χ1v) is 6.44. The maximum atomic E-state index is 11.9. The van der Waals surface area contributed by atoms with E-state index in [1.54, 1.807) is 25.3 Å². The number of benzene rings is 2. The molecule has 0 atom stereocenters. The Morgan fingerprint density at radius 2 is 1.95 bits per heavy atom. The van der Waals surface area contributed by atoms with Gasteiger partial charge >= 0.3 is 0 Å². The van der Waals surface area contributed by atoms with Crippen LogP contribution in [0.4, 0.5) is 11.4 Å². The fraction of sp³-hybridized carbons (Fsp3) is 0.133. The SMILES string of the molecule is COc1ccc(CC(=O)Nc2ccc(Cl)c(N)c2)cc1. The topological polar surface area (TPSA) is 64.3 Å². The van der Waals surface area contributed by atoms with Gasteiger partial charge in [-0.05, 0) is 35.9 Å². The van der Waals surface area contributed by atoms with Crippen molar-refractivity contribution in [1.29, 1.82) is 0 Å². The number of hydrogen-bond acceptors (Lipinski definition) is 3. The molecule has 0 unspecified atom stereocenters. The number of nitrogens with two attached hydrogens (primary N) is 1. The van der Waals surface area contributed by atoms with E-state index in [2.05, 4.69) is 5.32 Å². The zero-order valence-corrected chi connectivity index (χ0v) is 11.8. The number of nitrogen functional groups attached to an aromatic ring is 1. The predicted octanol–water partition coefficient (Wildman–Crippen LogP) is 3.11. The van der Waals surface area contributed by atoms with Crippen LogP contribution >= 0.6 is 11.6 Å². The summed E-state index contributed by atoms with van der Waals surface area (Å²) in [6.07, 6.45) is 0.284. The number of ether oxygens (including phenoxy) is 1. The standard InChI is InChI=1S/C15H15ClN2O2/c1-20-12-5-2-10(3-6-12)8-15(19)18-11-4-7-13(16)14(17)9-11/h2-7,9H,8,17H2,1H3,(H,18,19). The van der Waals surface area contributed by atoms with Crippen molar-refractivity contribution in [3.05, 3.63) is 53.1 Å². The molecular formula is C15H15ClN2O2. The molecule has 0 aliphatic rings. The smallest absolute Gasteiger partial charge is 0.228 e. The van der Waals surface area contributed by atoms with Crippen molar-refractivity contribution in [2.45, 2.75) is 6.42 Å². The van der Waals surface area contributed by atoms with E-state index >= 15 is 0 Å². The third kappa shape index (κ3) is 3.65. The van der Waals surface area contributed by atoms with Crippen LogP contribution in [0.3, 0.4) is 0 Å². The molecular weight excluding hydrogens is 276 g/mol. The van der Waals surface area contributed by atoms with Crippen LogP contribution in [0.5, 0.6) is 5.75 Å². The van der Waals surface area contributed by atoms with E-state index in [4.69, 9.17) is 22.1 Å². The summed E-state index contributed by atoms with van der Waals surface area (Å²) in [5, 5.41) is 3.25. The van der Waals surface area contributed by atoms with Crippen molar-refractivity contribution in [3.63, 3.8) is 0 Å². The van der Waals surface area contributed by atoms with Crippen LogP contribution in [0.1, 0.15) is 5.56 Å². The minimum Gasteiger partial charge on any atom is -0.497 e. The molecule has 2 aromatic rings. The van der Waals surface area contributed by atoms with E-state index < -0.39 is 0 Å². The normalized spacial score (nSPS) is 10.1. The Bertz CT molecular complexity index is 612. The average molecular weight is 291 g/mol. The van der Waals surface area contributed by atoms with Crippen molar-refractivity contribution in [2.75, 3.05) is 18.2 Å². The number of halogens is 1. The molecule has 5 heteroatoms. The Morgan fingerprint density at radius 3 is 2.55 bits per heavy atom. The predicted molar refractivity (Wildman–Crippen MR) is 81.2 cm³/mol. The molecule has 0 bridgehead atoms. The lowest BCUT2D eigenvalue weighted by atomic mass is 10.1. The van der Waals surface area contributed by atoms with Gasteiger partial charge in [-0.3, -0.25) is 4.79 Å². The van der Waals surface area contributed by atoms with Gasteiger partial charge in [-0.25, -0.2) is 0 Å². The second-order valence-electron chi connectivity index (χ2n) is 4.31. The molecule has 0 heterocycles. The Hall–Kier alpha value is -2.20. The Morgan fingerprint density at radius 1 is 1.25 bits per heavy atom. The molecule has 0 saturated heterocycles. The molecule has 0 saturated carbocycles. The van der Waals surface area contributed by atoms with Crippen LogP contribution in [-0.4, -0.2) is 13.0 Å². The molecule has 104 valence electrons. The van der Waals surface area contributed by atoms with Gasteiger partial charge in [0.05, 0.1) is 24.2 Å². The van der Waals surface area contributed by atoms with E-state index in [1.165, 1.54) is 0 Å². The fourth-order valence-corrected chi connectivity index (χ4v) is 1.87. The highest BCUT2D eigenvalue weighted by Gasteiger charge is 2.05. The molecule has 2 aromatic carbocycles.